The Morgan fingerprint density at radius 3 is 2.83 bits per heavy atom. The molecule has 0 spiro atoms. The Balaban J connectivity index is 1.56. The molecule has 2 aliphatic rings. The highest BCUT2D eigenvalue weighted by atomic mass is 32.2. The summed E-state index contributed by atoms with van der Waals surface area (Å²) in [5, 5.41) is 5.92. The van der Waals surface area contributed by atoms with Crippen LogP contribution in [-0.2, 0) is 4.74 Å². The van der Waals surface area contributed by atoms with Crippen molar-refractivity contribution in [2.75, 3.05) is 41.4 Å². The van der Waals surface area contributed by atoms with Gasteiger partial charge >= 0.3 is 6.03 Å². The average Bonchev–Trinajstić information content (AvgIpc) is 3.10. The maximum atomic E-state index is 12.2. The van der Waals surface area contributed by atoms with Crippen LogP contribution in [0.1, 0.15) is 25.3 Å². The lowest BCUT2D eigenvalue weighted by Crippen LogP contribution is -2.43. The van der Waals surface area contributed by atoms with Gasteiger partial charge in [0.15, 0.2) is 0 Å². The third kappa shape index (κ3) is 4.36. The van der Waals surface area contributed by atoms with Crippen LogP contribution in [0.15, 0.2) is 18.2 Å². The van der Waals surface area contributed by atoms with Crippen molar-refractivity contribution in [1.29, 1.82) is 0 Å². The molecule has 2 atom stereocenters. The van der Waals surface area contributed by atoms with Crippen molar-refractivity contribution < 1.29 is 9.53 Å². The minimum Gasteiger partial charge on any atom is -0.376 e. The van der Waals surface area contributed by atoms with Gasteiger partial charge in [-0.3, -0.25) is 0 Å². The van der Waals surface area contributed by atoms with Crippen molar-refractivity contribution in [2.45, 2.75) is 38.8 Å². The molecule has 2 fully saturated rings. The fraction of sp³-hybridized carbons (Fsp3) is 0.611. The van der Waals surface area contributed by atoms with Crippen LogP contribution in [0.25, 0.3) is 0 Å². The number of aryl methyl sites for hydroxylation is 1. The van der Waals surface area contributed by atoms with Gasteiger partial charge in [0.25, 0.3) is 0 Å². The Morgan fingerprint density at radius 1 is 1.38 bits per heavy atom. The second-order valence-corrected chi connectivity index (χ2v) is 7.76. The van der Waals surface area contributed by atoms with E-state index in [1.165, 1.54) is 22.8 Å². The molecular formula is C18H27N3O2S. The molecule has 2 aliphatic heterocycles. The first kappa shape index (κ1) is 17.4. The number of amides is 2. The van der Waals surface area contributed by atoms with E-state index in [1.807, 2.05) is 30.8 Å². The third-order valence-corrected chi connectivity index (χ3v) is 5.63. The predicted molar refractivity (Wildman–Crippen MR) is 101 cm³/mol. The lowest BCUT2D eigenvalue weighted by atomic mass is 10.1. The number of carbonyl (C=O) groups is 1. The van der Waals surface area contributed by atoms with Gasteiger partial charge in [0.2, 0.25) is 0 Å². The van der Waals surface area contributed by atoms with Crippen molar-refractivity contribution in [3.63, 3.8) is 0 Å². The third-order valence-electron chi connectivity index (χ3n) is 4.69. The summed E-state index contributed by atoms with van der Waals surface area (Å²) in [4.78, 5) is 14.6. The fourth-order valence-electron chi connectivity index (χ4n) is 3.36. The zero-order chi connectivity index (χ0) is 16.9. The first-order chi connectivity index (χ1) is 11.6. The number of anilines is 2. The molecule has 1 aromatic rings. The molecule has 24 heavy (non-hydrogen) atoms. The molecule has 0 radical (unpaired) electrons. The summed E-state index contributed by atoms with van der Waals surface area (Å²) >= 11 is 2.01. The molecule has 0 unspecified atom stereocenters. The largest absolute Gasteiger partial charge is 0.376 e. The summed E-state index contributed by atoms with van der Waals surface area (Å²) in [6.45, 7) is 7.09. The van der Waals surface area contributed by atoms with Gasteiger partial charge < -0.3 is 20.3 Å². The van der Waals surface area contributed by atoms with E-state index >= 15 is 0 Å². The second-order valence-electron chi connectivity index (χ2n) is 6.54. The Morgan fingerprint density at radius 2 is 2.17 bits per heavy atom. The van der Waals surface area contributed by atoms with E-state index in [4.69, 9.17) is 4.74 Å². The Hall–Kier alpha value is -1.40. The van der Waals surface area contributed by atoms with Gasteiger partial charge in [-0.2, -0.15) is 11.8 Å². The van der Waals surface area contributed by atoms with E-state index in [0.29, 0.717) is 0 Å². The number of nitrogens with one attached hydrogen (secondary N) is 2. The smallest absolute Gasteiger partial charge is 0.319 e. The van der Waals surface area contributed by atoms with Crippen LogP contribution < -0.4 is 15.5 Å². The summed E-state index contributed by atoms with van der Waals surface area (Å²) in [7, 11) is 0. The Bertz CT molecular complexity index is 569. The van der Waals surface area contributed by atoms with E-state index in [9.17, 15) is 4.79 Å². The minimum absolute atomic E-state index is 0.0266. The molecule has 1 aromatic carbocycles. The molecule has 2 amide bonds. The predicted octanol–water partition coefficient (Wildman–Crippen LogP) is 3.24. The van der Waals surface area contributed by atoms with Crippen LogP contribution >= 0.6 is 11.8 Å². The molecule has 5 nitrogen and oxygen atoms in total. The van der Waals surface area contributed by atoms with Crippen molar-refractivity contribution >= 4 is 29.2 Å². The van der Waals surface area contributed by atoms with E-state index < -0.39 is 0 Å². The number of hydrogen-bond acceptors (Lipinski definition) is 4. The fourth-order valence-corrected chi connectivity index (χ4v) is 4.26. The molecule has 0 aliphatic carbocycles. The zero-order valence-electron chi connectivity index (χ0n) is 14.5. The second kappa shape index (κ2) is 8.12. The van der Waals surface area contributed by atoms with Gasteiger partial charge in [0, 0.05) is 42.6 Å². The monoisotopic (exact) mass is 349 g/mol. The van der Waals surface area contributed by atoms with Crippen LogP contribution in [0.5, 0.6) is 0 Å². The molecule has 3 rings (SSSR count). The van der Waals surface area contributed by atoms with Crippen LogP contribution in [0.2, 0.25) is 0 Å². The molecule has 2 heterocycles. The quantitative estimate of drug-likeness (QED) is 0.876. The molecule has 132 valence electrons. The lowest BCUT2D eigenvalue weighted by molar-refractivity contribution is 0.0868. The number of benzene rings is 1. The molecule has 2 saturated heterocycles. The molecular weight excluding hydrogens is 322 g/mol. The van der Waals surface area contributed by atoms with Gasteiger partial charge in [0.05, 0.1) is 12.1 Å². The van der Waals surface area contributed by atoms with Crippen LogP contribution in [0.3, 0.4) is 0 Å². The average molecular weight is 350 g/mol. The highest BCUT2D eigenvalue weighted by Gasteiger charge is 2.23. The number of thioether (sulfide) groups is 1. The molecule has 0 aromatic heterocycles. The van der Waals surface area contributed by atoms with Gasteiger partial charge in [-0.05, 0) is 50.5 Å². The number of nitrogens with zero attached hydrogens (tertiary/aromatic N) is 1. The van der Waals surface area contributed by atoms with Crippen molar-refractivity contribution in [1.82, 2.24) is 5.32 Å². The maximum absolute atomic E-state index is 12.2. The summed E-state index contributed by atoms with van der Waals surface area (Å²) in [5.41, 5.74) is 3.31. The summed E-state index contributed by atoms with van der Waals surface area (Å²) in [6, 6.07) is 6.01. The highest BCUT2D eigenvalue weighted by Crippen LogP contribution is 2.26. The zero-order valence-corrected chi connectivity index (χ0v) is 15.3. The minimum atomic E-state index is -0.167. The lowest BCUT2D eigenvalue weighted by Gasteiger charge is -2.30. The topological polar surface area (TPSA) is 53.6 Å². The number of ether oxygens (including phenoxy) is 1. The van der Waals surface area contributed by atoms with E-state index in [2.05, 4.69) is 28.5 Å². The number of hydrogen-bond donors (Lipinski definition) is 2. The number of carbonyl (C=O) groups excluding carboxylic acids is 1. The van der Waals surface area contributed by atoms with E-state index in [0.717, 1.165) is 38.2 Å². The molecule has 0 bridgehead atoms. The van der Waals surface area contributed by atoms with Gasteiger partial charge in [-0.1, -0.05) is 0 Å². The first-order valence-electron chi connectivity index (χ1n) is 8.76. The van der Waals surface area contributed by atoms with Crippen LogP contribution in [0.4, 0.5) is 16.2 Å². The van der Waals surface area contributed by atoms with Gasteiger partial charge in [-0.15, -0.1) is 0 Å². The van der Waals surface area contributed by atoms with Gasteiger partial charge in [-0.25, -0.2) is 4.79 Å². The summed E-state index contributed by atoms with van der Waals surface area (Å²) < 4.78 is 5.62. The molecule has 0 saturated carbocycles. The SMILES string of the molecule is Cc1cc(NC(=O)N[C@H](C)[C@@H]2CCCO2)ccc1N1CCSCC1. The molecule has 6 heteroatoms. The number of urea groups is 1. The normalized spacial score (nSPS) is 22.2. The Kier molecular flexibility index (Phi) is 5.89. The Labute approximate surface area is 148 Å². The van der Waals surface area contributed by atoms with Crippen molar-refractivity contribution in [2.24, 2.45) is 0 Å². The molecule has 2 N–H and O–H groups in total. The summed E-state index contributed by atoms with van der Waals surface area (Å²) in [6.07, 6.45) is 2.23. The highest BCUT2D eigenvalue weighted by molar-refractivity contribution is 7.99. The van der Waals surface area contributed by atoms with Crippen LogP contribution in [0, 0.1) is 6.92 Å². The number of rotatable bonds is 4. The van der Waals surface area contributed by atoms with Gasteiger partial charge in [0.1, 0.15) is 0 Å². The van der Waals surface area contributed by atoms with E-state index in [-0.39, 0.29) is 18.2 Å². The standard InChI is InChI=1S/C18H27N3O2S/c1-13-12-15(5-6-16(13)21-7-10-24-11-8-21)20-18(22)19-14(2)17-4-3-9-23-17/h5-6,12,14,17H,3-4,7-11H2,1-2H3,(H2,19,20,22)/t14-,17+/m1/s1. The maximum Gasteiger partial charge on any atom is 0.319 e. The van der Waals surface area contributed by atoms with Crippen molar-refractivity contribution in [3.05, 3.63) is 23.8 Å². The van der Waals surface area contributed by atoms with E-state index in [1.54, 1.807) is 0 Å². The summed E-state index contributed by atoms with van der Waals surface area (Å²) in [5.74, 6) is 2.37. The first-order valence-corrected chi connectivity index (χ1v) is 9.91. The van der Waals surface area contributed by atoms with Crippen molar-refractivity contribution in [3.8, 4) is 0 Å². The van der Waals surface area contributed by atoms with Crippen LogP contribution in [-0.4, -0.2) is 49.4 Å².